The fourth-order valence-corrected chi connectivity index (χ4v) is 6.70. The third-order valence-electron chi connectivity index (χ3n) is 4.89. The fourth-order valence-electron chi connectivity index (χ4n) is 3.42. The van der Waals surface area contributed by atoms with Crippen LogP contribution >= 0.6 is 23.5 Å². The predicted molar refractivity (Wildman–Crippen MR) is 102 cm³/mol. The average molecular weight is 417 g/mol. The molecule has 2 N–H and O–H groups in total. The van der Waals surface area contributed by atoms with Crippen LogP contribution in [0, 0.1) is 5.92 Å². The number of nitrogens with zero attached hydrogens (tertiary/aromatic N) is 2. The summed E-state index contributed by atoms with van der Waals surface area (Å²) in [6.07, 6.45) is 0.850. The molecule has 0 aromatic carbocycles. The Balaban J connectivity index is 1.66. The lowest BCUT2D eigenvalue weighted by molar-refractivity contribution is -0.157. The van der Waals surface area contributed by atoms with Crippen LogP contribution in [0.2, 0.25) is 0 Å². The normalized spacial score (nSPS) is 28.3. The Bertz CT molecular complexity index is 670. The first-order chi connectivity index (χ1) is 12.9. The molecule has 150 valence electrons. The van der Waals surface area contributed by atoms with Gasteiger partial charge < -0.3 is 19.8 Å². The third kappa shape index (κ3) is 3.79. The minimum Gasteiger partial charge on any atom is -0.477 e. The van der Waals surface area contributed by atoms with Gasteiger partial charge in [0.05, 0.1) is 22.9 Å². The number of carbonyl (C=O) groups excluding carboxylic acids is 2. The Hall–Kier alpha value is -1.39. The number of aliphatic hydroxyl groups excluding tert-OH is 1. The number of carboxylic acids is 1. The molecule has 0 aromatic rings. The molecule has 2 fully saturated rings. The van der Waals surface area contributed by atoms with Gasteiger partial charge in [-0.1, -0.05) is 25.6 Å². The van der Waals surface area contributed by atoms with E-state index in [0.29, 0.717) is 30.4 Å². The molecule has 0 saturated carbocycles. The topological polar surface area (TPSA) is 107 Å². The quantitative estimate of drug-likeness (QED) is 0.606. The summed E-state index contributed by atoms with van der Waals surface area (Å²) < 4.78 is 5.73. The van der Waals surface area contributed by atoms with Crippen molar-refractivity contribution in [2.75, 3.05) is 19.7 Å². The fraction of sp³-hybridized carbons (Fsp3) is 0.706. The van der Waals surface area contributed by atoms with Crippen molar-refractivity contribution < 1.29 is 29.3 Å². The lowest BCUT2D eigenvalue weighted by Gasteiger charge is -2.44. The van der Waals surface area contributed by atoms with Crippen LogP contribution in [0.1, 0.15) is 33.1 Å². The highest BCUT2D eigenvalue weighted by Gasteiger charge is 2.58. The molecule has 10 heteroatoms. The van der Waals surface area contributed by atoms with Gasteiger partial charge >= 0.3 is 12.1 Å². The lowest BCUT2D eigenvalue weighted by atomic mass is 9.90. The minimum atomic E-state index is -1.14. The van der Waals surface area contributed by atoms with Crippen molar-refractivity contribution in [1.82, 2.24) is 9.80 Å². The van der Waals surface area contributed by atoms with Gasteiger partial charge in [-0.05, 0) is 19.3 Å². The molecular weight excluding hydrogens is 392 g/mol. The molecule has 0 bridgehead atoms. The van der Waals surface area contributed by atoms with Gasteiger partial charge in [-0.25, -0.2) is 9.59 Å². The van der Waals surface area contributed by atoms with E-state index in [9.17, 15) is 24.6 Å². The molecule has 2 saturated heterocycles. The summed E-state index contributed by atoms with van der Waals surface area (Å²) in [6, 6.07) is 0. The van der Waals surface area contributed by atoms with E-state index < -0.39 is 18.0 Å². The van der Waals surface area contributed by atoms with Crippen LogP contribution in [0.25, 0.3) is 0 Å². The van der Waals surface area contributed by atoms with E-state index in [4.69, 9.17) is 4.74 Å². The highest BCUT2D eigenvalue weighted by molar-refractivity contribution is 8.23. The van der Waals surface area contributed by atoms with Crippen molar-refractivity contribution in [2.24, 2.45) is 5.92 Å². The zero-order valence-corrected chi connectivity index (χ0v) is 16.9. The summed E-state index contributed by atoms with van der Waals surface area (Å²) in [6.45, 7) is 5.18. The van der Waals surface area contributed by atoms with Gasteiger partial charge in [-0.2, -0.15) is 0 Å². The zero-order chi connectivity index (χ0) is 19.7. The molecule has 2 amide bonds. The average Bonchev–Trinajstić information content (AvgIpc) is 3.23. The summed E-state index contributed by atoms with van der Waals surface area (Å²) >= 11 is 2.74. The van der Waals surface area contributed by atoms with Crippen molar-refractivity contribution in [3.8, 4) is 0 Å². The van der Waals surface area contributed by atoms with Crippen molar-refractivity contribution in [2.45, 2.75) is 49.8 Å². The van der Waals surface area contributed by atoms with Gasteiger partial charge in [0, 0.05) is 18.3 Å². The number of thioether (sulfide) groups is 2. The SMILES string of the molecule is CCCOC(=O)N1CCC(SC2=C(C(=O)O)N3C(=O)[C@@H]([C@@H](O)CC)[C@H]3S2)C1. The Morgan fingerprint density at radius 2 is 2.15 bits per heavy atom. The van der Waals surface area contributed by atoms with Gasteiger partial charge in [0.1, 0.15) is 5.37 Å². The largest absolute Gasteiger partial charge is 0.477 e. The van der Waals surface area contributed by atoms with Gasteiger partial charge in [-0.3, -0.25) is 9.69 Å². The maximum Gasteiger partial charge on any atom is 0.409 e. The van der Waals surface area contributed by atoms with Crippen molar-refractivity contribution >= 4 is 41.5 Å². The number of carbonyl (C=O) groups is 3. The van der Waals surface area contributed by atoms with E-state index in [1.165, 1.54) is 28.4 Å². The van der Waals surface area contributed by atoms with Gasteiger partial charge in [0.25, 0.3) is 0 Å². The molecule has 0 aromatic heterocycles. The Labute approximate surface area is 166 Å². The Kier molecular flexibility index (Phi) is 6.27. The van der Waals surface area contributed by atoms with Crippen LogP contribution < -0.4 is 0 Å². The van der Waals surface area contributed by atoms with Crippen LogP contribution in [-0.4, -0.2) is 74.4 Å². The van der Waals surface area contributed by atoms with Crippen molar-refractivity contribution in [1.29, 1.82) is 0 Å². The van der Waals surface area contributed by atoms with E-state index >= 15 is 0 Å². The molecular formula is C17H24N2O6S2. The summed E-state index contributed by atoms with van der Waals surface area (Å²) in [5, 5.41) is 19.4. The van der Waals surface area contributed by atoms with Gasteiger partial charge in [0.15, 0.2) is 5.70 Å². The lowest BCUT2D eigenvalue weighted by Crippen LogP contribution is -2.61. The molecule has 3 heterocycles. The number of carboxylic acid groups (broad SMARTS) is 1. The molecule has 8 nitrogen and oxygen atoms in total. The Morgan fingerprint density at radius 1 is 1.41 bits per heavy atom. The van der Waals surface area contributed by atoms with Crippen molar-refractivity contribution in [3.63, 3.8) is 0 Å². The van der Waals surface area contributed by atoms with Crippen LogP contribution in [0.5, 0.6) is 0 Å². The summed E-state index contributed by atoms with van der Waals surface area (Å²) in [5.41, 5.74) is 0.00608. The van der Waals surface area contributed by atoms with Gasteiger partial charge in [0.2, 0.25) is 5.91 Å². The van der Waals surface area contributed by atoms with E-state index in [2.05, 4.69) is 0 Å². The molecule has 3 aliphatic rings. The van der Waals surface area contributed by atoms with E-state index in [1.807, 2.05) is 6.92 Å². The number of hydrogen-bond acceptors (Lipinski definition) is 7. The van der Waals surface area contributed by atoms with E-state index in [1.54, 1.807) is 11.8 Å². The number of amides is 2. The van der Waals surface area contributed by atoms with Crippen LogP contribution in [0.15, 0.2) is 9.93 Å². The highest BCUT2D eigenvalue weighted by atomic mass is 32.2. The van der Waals surface area contributed by atoms with E-state index in [-0.39, 0.29) is 28.3 Å². The first-order valence-electron chi connectivity index (χ1n) is 9.12. The van der Waals surface area contributed by atoms with Crippen LogP contribution in [0.3, 0.4) is 0 Å². The van der Waals surface area contributed by atoms with E-state index in [0.717, 1.165) is 12.8 Å². The van der Waals surface area contributed by atoms with Crippen LogP contribution in [0.4, 0.5) is 4.79 Å². The molecule has 27 heavy (non-hydrogen) atoms. The standard InChI is InChI=1S/C17H24N2O6S2/c1-3-7-25-17(24)18-6-5-9(8-18)26-16-12(15(22)23)19-13(21)11(10(20)4-2)14(19)27-16/h9-11,14,20H,3-8H2,1-2H3,(H,22,23)/t9?,10-,11+,14+/m0/s1. The number of likely N-dealkylation sites (tertiary alicyclic amines) is 1. The number of β-lactam (4-membered cyclic amide) rings is 1. The molecule has 0 spiro atoms. The summed E-state index contributed by atoms with van der Waals surface area (Å²) in [4.78, 5) is 39.0. The minimum absolute atomic E-state index is 0.00608. The molecule has 4 atom stereocenters. The second-order valence-corrected chi connectivity index (χ2v) is 9.44. The smallest absolute Gasteiger partial charge is 0.409 e. The molecule has 0 aliphatic carbocycles. The number of aliphatic carboxylic acids is 1. The second-order valence-electron chi connectivity index (χ2n) is 6.75. The zero-order valence-electron chi connectivity index (χ0n) is 15.3. The molecule has 3 rings (SSSR count). The maximum absolute atomic E-state index is 12.4. The second kappa shape index (κ2) is 8.32. The molecule has 3 aliphatic heterocycles. The number of aliphatic hydroxyl groups is 1. The first kappa shape index (κ1) is 20.3. The third-order valence-corrected chi connectivity index (χ3v) is 7.74. The summed E-state index contributed by atoms with van der Waals surface area (Å²) in [5.74, 6) is -2.02. The van der Waals surface area contributed by atoms with Gasteiger partial charge in [-0.15, -0.1) is 11.8 Å². The molecule has 1 unspecified atom stereocenters. The predicted octanol–water partition coefficient (Wildman–Crippen LogP) is 1.90. The molecule has 0 radical (unpaired) electrons. The highest BCUT2D eigenvalue weighted by Crippen LogP contribution is 2.55. The van der Waals surface area contributed by atoms with Crippen LogP contribution in [-0.2, 0) is 14.3 Å². The monoisotopic (exact) mass is 416 g/mol. The number of fused-ring (bicyclic) bond motifs is 1. The summed E-state index contributed by atoms with van der Waals surface area (Å²) in [7, 11) is 0. The van der Waals surface area contributed by atoms with Crippen molar-refractivity contribution in [3.05, 3.63) is 9.93 Å². The maximum atomic E-state index is 12.4. The number of rotatable bonds is 7. The first-order valence-corrected chi connectivity index (χ1v) is 10.9. The number of hydrogen-bond donors (Lipinski definition) is 2. The Morgan fingerprint density at radius 3 is 2.78 bits per heavy atom. The number of ether oxygens (including phenoxy) is 1.